The number of methoxy groups -OCH3 is 1. The Hall–Kier alpha value is -0.410. The van der Waals surface area contributed by atoms with E-state index in [9.17, 15) is 4.79 Å². The van der Waals surface area contributed by atoms with Gasteiger partial charge < -0.3 is 14.3 Å². The second kappa shape index (κ2) is 3.15. The van der Waals surface area contributed by atoms with Crippen molar-refractivity contribution < 1.29 is 14.3 Å². The van der Waals surface area contributed by atoms with Gasteiger partial charge in [-0.2, -0.15) is 0 Å². The number of carbonyl (C=O) groups excluding carboxylic acids is 1. The monoisotopic (exact) mass is 170 g/mol. The molecule has 1 saturated heterocycles. The van der Waals surface area contributed by atoms with Crippen molar-refractivity contribution in [1.29, 1.82) is 0 Å². The van der Waals surface area contributed by atoms with Crippen LogP contribution >= 0.6 is 0 Å². The standard InChI is InChI=1S/C9H14O3/c1-11-9-4-7-6(5-10)2-3-8(7)12-9/h5-9H,2-4H2,1H3/t6-,7-,8+,9-/m1/s1. The Balaban J connectivity index is 2.01. The third kappa shape index (κ3) is 1.17. The van der Waals surface area contributed by atoms with Crippen molar-refractivity contribution in [3.05, 3.63) is 0 Å². The van der Waals surface area contributed by atoms with E-state index in [1.807, 2.05) is 0 Å². The second-order valence-corrected chi connectivity index (χ2v) is 3.62. The van der Waals surface area contributed by atoms with Crippen LogP contribution in [0.4, 0.5) is 0 Å². The lowest BCUT2D eigenvalue weighted by Gasteiger charge is -2.09. The molecule has 0 amide bonds. The van der Waals surface area contributed by atoms with Crippen LogP contribution < -0.4 is 0 Å². The molecule has 1 aliphatic carbocycles. The molecule has 4 atom stereocenters. The Morgan fingerprint density at radius 3 is 3.00 bits per heavy atom. The summed E-state index contributed by atoms with van der Waals surface area (Å²) >= 11 is 0. The van der Waals surface area contributed by atoms with Crippen LogP contribution in [0.3, 0.4) is 0 Å². The molecule has 0 bridgehead atoms. The average Bonchev–Trinajstić information content (AvgIpc) is 2.61. The van der Waals surface area contributed by atoms with E-state index in [1.165, 1.54) is 0 Å². The summed E-state index contributed by atoms with van der Waals surface area (Å²) in [6, 6.07) is 0. The first-order valence-electron chi connectivity index (χ1n) is 4.48. The van der Waals surface area contributed by atoms with Gasteiger partial charge >= 0.3 is 0 Å². The molecule has 0 unspecified atom stereocenters. The van der Waals surface area contributed by atoms with E-state index >= 15 is 0 Å². The molecule has 1 saturated carbocycles. The van der Waals surface area contributed by atoms with Crippen LogP contribution in [0.2, 0.25) is 0 Å². The van der Waals surface area contributed by atoms with Crippen molar-refractivity contribution in [2.75, 3.05) is 7.11 Å². The molecule has 0 N–H and O–H groups in total. The van der Waals surface area contributed by atoms with Gasteiger partial charge in [-0.15, -0.1) is 0 Å². The first-order valence-corrected chi connectivity index (χ1v) is 4.48. The van der Waals surface area contributed by atoms with Gasteiger partial charge in [0.25, 0.3) is 0 Å². The number of hydrogen-bond acceptors (Lipinski definition) is 3. The predicted octanol–water partition coefficient (Wildman–Crippen LogP) is 0.973. The van der Waals surface area contributed by atoms with Crippen LogP contribution in [0.15, 0.2) is 0 Å². The molecule has 2 fully saturated rings. The van der Waals surface area contributed by atoms with E-state index in [4.69, 9.17) is 9.47 Å². The Labute approximate surface area is 72.0 Å². The van der Waals surface area contributed by atoms with Gasteiger partial charge in [-0.3, -0.25) is 0 Å². The number of fused-ring (bicyclic) bond motifs is 1. The quantitative estimate of drug-likeness (QED) is 0.579. The van der Waals surface area contributed by atoms with Crippen LogP contribution in [-0.4, -0.2) is 25.8 Å². The van der Waals surface area contributed by atoms with E-state index in [1.54, 1.807) is 7.11 Å². The normalized spacial score (nSPS) is 46.1. The summed E-state index contributed by atoms with van der Waals surface area (Å²) in [6.07, 6.45) is 4.20. The van der Waals surface area contributed by atoms with Gasteiger partial charge in [0.15, 0.2) is 6.29 Å². The molecule has 2 aliphatic rings. The van der Waals surface area contributed by atoms with Crippen LogP contribution in [0.25, 0.3) is 0 Å². The van der Waals surface area contributed by atoms with E-state index in [0.29, 0.717) is 5.92 Å². The first kappa shape index (κ1) is 8.20. The van der Waals surface area contributed by atoms with Crippen LogP contribution in [0.5, 0.6) is 0 Å². The lowest BCUT2D eigenvalue weighted by molar-refractivity contribution is -0.114. The second-order valence-electron chi connectivity index (χ2n) is 3.62. The Kier molecular flexibility index (Phi) is 2.15. The Bertz CT molecular complexity index is 181. The van der Waals surface area contributed by atoms with Crippen LogP contribution in [0.1, 0.15) is 19.3 Å². The summed E-state index contributed by atoms with van der Waals surface area (Å²) in [4.78, 5) is 10.6. The third-order valence-electron chi connectivity index (χ3n) is 3.04. The average molecular weight is 170 g/mol. The number of aldehydes is 1. The van der Waals surface area contributed by atoms with Crippen molar-refractivity contribution in [2.45, 2.75) is 31.7 Å². The van der Waals surface area contributed by atoms with E-state index in [-0.39, 0.29) is 18.3 Å². The molecule has 0 spiro atoms. The Morgan fingerprint density at radius 1 is 1.50 bits per heavy atom. The molecule has 0 radical (unpaired) electrons. The summed E-state index contributed by atoms with van der Waals surface area (Å²) < 4.78 is 10.7. The number of rotatable bonds is 2. The highest BCUT2D eigenvalue weighted by molar-refractivity contribution is 5.55. The Morgan fingerprint density at radius 2 is 2.33 bits per heavy atom. The molecule has 2 rings (SSSR count). The summed E-state index contributed by atoms with van der Waals surface area (Å²) in [5, 5.41) is 0. The molecular formula is C9H14O3. The van der Waals surface area contributed by atoms with E-state index in [2.05, 4.69) is 0 Å². The zero-order chi connectivity index (χ0) is 8.55. The maximum atomic E-state index is 10.6. The lowest BCUT2D eigenvalue weighted by atomic mass is 9.94. The summed E-state index contributed by atoms with van der Waals surface area (Å²) in [5.74, 6) is 0.641. The minimum absolute atomic E-state index is 0.0669. The molecule has 0 aromatic rings. The summed E-state index contributed by atoms with van der Waals surface area (Å²) in [6.45, 7) is 0. The first-order chi connectivity index (χ1) is 5.85. The summed E-state index contributed by atoms with van der Waals surface area (Å²) in [5.41, 5.74) is 0. The van der Waals surface area contributed by atoms with Gasteiger partial charge in [-0.1, -0.05) is 0 Å². The minimum atomic E-state index is -0.0669. The zero-order valence-corrected chi connectivity index (χ0v) is 7.23. The molecule has 1 heterocycles. The molecule has 0 aromatic carbocycles. The number of carbonyl (C=O) groups is 1. The maximum Gasteiger partial charge on any atom is 0.157 e. The van der Waals surface area contributed by atoms with Gasteiger partial charge in [0, 0.05) is 19.4 Å². The smallest absolute Gasteiger partial charge is 0.157 e. The molecule has 3 nitrogen and oxygen atoms in total. The highest BCUT2D eigenvalue weighted by Gasteiger charge is 2.44. The van der Waals surface area contributed by atoms with Gasteiger partial charge in [-0.25, -0.2) is 0 Å². The molecule has 0 aromatic heterocycles. The van der Waals surface area contributed by atoms with E-state index < -0.39 is 0 Å². The molecule has 68 valence electrons. The molecule has 3 heteroatoms. The fraction of sp³-hybridized carbons (Fsp3) is 0.889. The fourth-order valence-corrected chi connectivity index (χ4v) is 2.35. The zero-order valence-electron chi connectivity index (χ0n) is 7.23. The van der Waals surface area contributed by atoms with Gasteiger partial charge in [0.2, 0.25) is 0 Å². The van der Waals surface area contributed by atoms with Crippen molar-refractivity contribution in [3.8, 4) is 0 Å². The summed E-state index contributed by atoms with van der Waals surface area (Å²) in [7, 11) is 1.65. The topological polar surface area (TPSA) is 35.5 Å². The minimum Gasteiger partial charge on any atom is -0.356 e. The maximum absolute atomic E-state index is 10.6. The van der Waals surface area contributed by atoms with Crippen molar-refractivity contribution in [3.63, 3.8) is 0 Å². The SMILES string of the molecule is CO[C@H]1C[C@H]2[C@H](CC[C@@H]2C=O)O1. The van der Waals surface area contributed by atoms with Crippen molar-refractivity contribution >= 4 is 6.29 Å². The molecule has 1 aliphatic heterocycles. The van der Waals surface area contributed by atoms with Crippen LogP contribution in [-0.2, 0) is 14.3 Å². The predicted molar refractivity (Wildman–Crippen MR) is 42.6 cm³/mol. The van der Waals surface area contributed by atoms with Gasteiger partial charge in [0.05, 0.1) is 6.10 Å². The largest absolute Gasteiger partial charge is 0.356 e. The van der Waals surface area contributed by atoms with Gasteiger partial charge in [0.1, 0.15) is 6.29 Å². The van der Waals surface area contributed by atoms with Crippen LogP contribution in [0, 0.1) is 11.8 Å². The molecule has 12 heavy (non-hydrogen) atoms. The number of hydrogen-bond donors (Lipinski definition) is 0. The highest BCUT2D eigenvalue weighted by atomic mass is 16.7. The number of ether oxygens (including phenoxy) is 2. The third-order valence-corrected chi connectivity index (χ3v) is 3.04. The lowest BCUT2D eigenvalue weighted by Crippen LogP contribution is -2.14. The van der Waals surface area contributed by atoms with Crippen molar-refractivity contribution in [1.82, 2.24) is 0 Å². The van der Waals surface area contributed by atoms with Crippen molar-refractivity contribution in [2.24, 2.45) is 11.8 Å². The fourth-order valence-electron chi connectivity index (χ4n) is 2.35. The highest BCUT2D eigenvalue weighted by Crippen LogP contribution is 2.42. The van der Waals surface area contributed by atoms with Gasteiger partial charge in [-0.05, 0) is 18.8 Å². The molecular weight excluding hydrogens is 156 g/mol. The van der Waals surface area contributed by atoms with E-state index in [0.717, 1.165) is 25.5 Å².